The van der Waals surface area contributed by atoms with Gasteiger partial charge in [0, 0.05) is 18.9 Å². The lowest BCUT2D eigenvalue weighted by Gasteiger charge is -2.21. The average molecular weight is 530 g/mol. The molecule has 1 aliphatic rings. The Balaban J connectivity index is 1.23. The minimum atomic E-state index is -0.466. The summed E-state index contributed by atoms with van der Waals surface area (Å²) in [5, 5.41) is 2.89. The van der Waals surface area contributed by atoms with E-state index in [1.54, 1.807) is 6.20 Å². The SMILES string of the molecule is O=C(NCCCCC1CCCCC1)c1coc(OC(=O)C(CCCC=Cc2cccnc2)c2ccccc2)n1. The van der Waals surface area contributed by atoms with Gasteiger partial charge < -0.3 is 14.5 Å². The molecule has 1 aliphatic carbocycles. The molecule has 2 aromatic heterocycles. The molecule has 0 spiro atoms. The molecule has 7 nitrogen and oxygen atoms in total. The van der Waals surface area contributed by atoms with Crippen LogP contribution >= 0.6 is 0 Å². The fourth-order valence-electron chi connectivity index (χ4n) is 5.13. The van der Waals surface area contributed by atoms with E-state index in [4.69, 9.17) is 9.15 Å². The van der Waals surface area contributed by atoms with E-state index in [1.807, 2.05) is 54.7 Å². The number of nitrogens with one attached hydrogen (secondary N) is 1. The van der Waals surface area contributed by atoms with Crippen LogP contribution in [0.3, 0.4) is 0 Å². The van der Waals surface area contributed by atoms with E-state index < -0.39 is 11.9 Å². The predicted octanol–water partition coefficient (Wildman–Crippen LogP) is 7.12. The summed E-state index contributed by atoms with van der Waals surface area (Å²) in [4.78, 5) is 33.8. The molecule has 4 rings (SSSR count). The lowest BCUT2D eigenvalue weighted by molar-refractivity contribution is -0.137. The monoisotopic (exact) mass is 529 g/mol. The van der Waals surface area contributed by atoms with Crippen molar-refractivity contribution in [3.63, 3.8) is 0 Å². The van der Waals surface area contributed by atoms with Gasteiger partial charge in [-0.2, -0.15) is 4.98 Å². The maximum Gasteiger partial charge on any atom is 0.402 e. The molecule has 1 unspecified atom stereocenters. The van der Waals surface area contributed by atoms with Gasteiger partial charge in [-0.05, 0) is 48.8 Å². The lowest BCUT2D eigenvalue weighted by atomic mass is 9.86. The van der Waals surface area contributed by atoms with Crippen LogP contribution in [0.5, 0.6) is 6.08 Å². The normalized spacial score (nSPS) is 14.8. The molecular formula is C32H39N3O4. The van der Waals surface area contributed by atoms with Gasteiger partial charge in [0.1, 0.15) is 6.26 Å². The number of hydrogen-bond donors (Lipinski definition) is 1. The Morgan fingerprint density at radius 2 is 1.90 bits per heavy atom. The fraction of sp³-hybridized carbons (Fsp3) is 0.438. The molecule has 2 heterocycles. The summed E-state index contributed by atoms with van der Waals surface area (Å²) in [6, 6.07) is 13.5. The molecule has 1 N–H and O–H groups in total. The Morgan fingerprint density at radius 3 is 2.69 bits per heavy atom. The molecule has 39 heavy (non-hydrogen) atoms. The maximum absolute atomic E-state index is 13.1. The summed E-state index contributed by atoms with van der Waals surface area (Å²) >= 11 is 0. The third kappa shape index (κ3) is 9.50. The molecule has 1 amide bonds. The molecule has 1 saturated carbocycles. The van der Waals surface area contributed by atoms with Crippen LogP contribution in [0.4, 0.5) is 0 Å². The zero-order valence-electron chi connectivity index (χ0n) is 22.6. The minimum absolute atomic E-state index is 0.113. The topological polar surface area (TPSA) is 94.3 Å². The van der Waals surface area contributed by atoms with Gasteiger partial charge in [-0.25, -0.2) is 0 Å². The van der Waals surface area contributed by atoms with E-state index in [0.717, 1.165) is 42.7 Å². The number of hydrogen-bond acceptors (Lipinski definition) is 6. The number of carbonyl (C=O) groups excluding carboxylic acids is 2. The van der Waals surface area contributed by atoms with Crippen molar-refractivity contribution in [3.05, 3.63) is 84.0 Å². The number of rotatable bonds is 14. The van der Waals surface area contributed by atoms with E-state index in [2.05, 4.69) is 21.4 Å². The Hall–Kier alpha value is -3.74. The highest BCUT2D eigenvalue weighted by Gasteiger charge is 2.25. The molecule has 0 radical (unpaired) electrons. The first-order chi connectivity index (χ1) is 19.2. The summed E-state index contributed by atoms with van der Waals surface area (Å²) < 4.78 is 10.8. The quantitative estimate of drug-likeness (QED) is 0.176. The van der Waals surface area contributed by atoms with Crippen molar-refractivity contribution in [1.82, 2.24) is 15.3 Å². The molecule has 0 bridgehead atoms. The van der Waals surface area contributed by atoms with Crippen LogP contribution in [0.2, 0.25) is 0 Å². The van der Waals surface area contributed by atoms with Crippen molar-refractivity contribution in [2.45, 2.75) is 76.5 Å². The highest BCUT2D eigenvalue weighted by atomic mass is 16.6. The third-order valence-corrected chi connectivity index (χ3v) is 7.30. The molecule has 3 aromatic rings. The Kier molecular flexibility index (Phi) is 11.3. The molecule has 206 valence electrons. The number of nitrogens with zero attached hydrogens (tertiary/aromatic N) is 2. The minimum Gasteiger partial charge on any atom is -0.416 e. The number of allylic oxidation sites excluding steroid dienone is 1. The highest BCUT2D eigenvalue weighted by molar-refractivity contribution is 5.92. The smallest absolute Gasteiger partial charge is 0.402 e. The van der Waals surface area contributed by atoms with Gasteiger partial charge in [-0.15, -0.1) is 0 Å². The Labute approximate surface area is 231 Å². The maximum atomic E-state index is 13.1. The van der Waals surface area contributed by atoms with Gasteiger partial charge in [0.25, 0.3) is 5.91 Å². The largest absolute Gasteiger partial charge is 0.416 e. The molecule has 0 aliphatic heterocycles. The highest BCUT2D eigenvalue weighted by Crippen LogP contribution is 2.28. The van der Waals surface area contributed by atoms with Gasteiger partial charge in [-0.1, -0.05) is 93.5 Å². The zero-order valence-corrected chi connectivity index (χ0v) is 22.6. The standard InChI is InChI=1S/C32H39N3O4/c36-30(34-22-11-10-15-25-13-4-1-5-14-25)29-24-38-32(35-29)39-31(37)28(27-18-7-3-8-19-27)20-9-2-6-16-26-17-12-21-33-23-26/h3,6-8,12,16-19,21,23-25,28H,1-2,4-5,9-11,13-15,20,22H2,(H,34,36). The number of amides is 1. The van der Waals surface area contributed by atoms with E-state index >= 15 is 0 Å². The van der Waals surface area contributed by atoms with Gasteiger partial charge in [0.05, 0.1) is 5.92 Å². The van der Waals surface area contributed by atoms with Crippen molar-refractivity contribution in [1.29, 1.82) is 0 Å². The van der Waals surface area contributed by atoms with Gasteiger partial charge in [0.15, 0.2) is 5.69 Å². The van der Waals surface area contributed by atoms with Crippen molar-refractivity contribution in [2.75, 3.05) is 6.54 Å². The lowest BCUT2D eigenvalue weighted by Crippen LogP contribution is -2.25. The van der Waals surface area contributed by atoms with Crippen LogP contribution < -0.4 is 10.1 Å². The summed E-state index contributed by atoms with van der Waals surface area (Å²) in [6.07, 6.45) is 21.0. The van der Waals surface area contributed by atoms with Crippen LogP contribution in [-0.4, -0.2) is 28.4 Å². The van der Waals surface area contributed by atoms with Crippen LogP contribution in [0.25, 0.3) is 6.08 Å². The van der Waals surface area contributed by atoms with Gasteiger partial charge >= 0.3 is 12.0 Å². The van der Waals surface area contributed by atoms with Crippen LogP contribution in [0.1, 0.15) is 98.2 Å². The summed E-state index contributed by atoms with van der Waals surface area (Å²) in [5.41, 5.74) is 2.03. The van der Waals surface area contributed by atoms with Crippen molar-refractivity contribution in [3.8, 4) is 6.08 Å². The Bertz CT molecular complexity index is 1170. The second kappa shape index (κ2) is 15.6. The number of unbranched alkanes of at least 4 members (excludes halogenated alkanes) is 2. The van der Waals surface area contributed by atoms with Gasteiger partial charge in [0.2, 0.25) is 0 Å². The zero-order chi connectivity index (χ0) is 27.1. The third-order valence-electron chi connectivity index (χ3n) is 7.30. The second-order valence-electron chi connectivity index (χ2n) is 10.3. The number of oxazole rings is 1. The van der Waals surface area contributed by atoms with Crippen LogP contribution in [0, 0.1) is 5.92 Å². The fourth-order valence-corrected chi connectivity index (χ4v) is 5.13. The molecule has 1 aromatic carbocycles. The van der Waals surface area contributed by atoms with Crippen molar-refractivity contribution >= 4 is 18.0 Å². The molecular weight excluding hydrogens is 490 g/mol. The number of ether oxygens (including phenoxy) is 1. The first-order valence-corrected chi connectivity index (χ1v) is 14.3. The number of esters is 1. The number of pyridine rings is 1. The molecule has 7 heteroatoms. The average Bonchev–Trinajstić information content (AvgIpc) is 3.44. The second-order valence-corrected chi connectivity index (χ2v) is 10.3. The molecule has 1 fully saturated rings. The van der Waals surface area contributed by atoms with Crippen molar-refractivity contribution in [2.24, 2.45) is 5.92 Å². The number of carbonyl (C=O) groups is 2. The number of aromatic nitrogens is 2. The Morgan fingerprint density at radius 1 is 1.05 bits per heavy atom. The van der Waals surface area contributed by atoms with E-state index in [1.165, 1.54) is 44.8 Å². The van der Waals surface area contributed by atoms with E-state index in [-0.39, 0.29) is 17.7 Å². The molecule has 0 saturated heterocycles. The summed E-state index contributed by atoms with van der Waals surface area (Å²) in [6.45, 7) is 0.596. The first-order valence-electron chi connectivity index (χ1n) is 14.3. The van der Waals surface area contributed by atoms with Crippen molar-refractivity contribution < 1.29 is 18.7 Å². The van der Waals surface area contributed by atoms with E-state index in [0.29, 0.717) is 13.0 Å². The van der Waals surface area contributed by atoms with Crippen LogP contribution in [0.15, 0.2) is 71.6 Å². The van der Waals surface area contributed by atoms with E-state index in [9.17, 15) is 9.59 Å². The van der Waals surface area contributed by atoms with Gasteiger partial charge in [-0.3, -0.25) is 14.6 Å². The summed E-state index contributed by atoms with van der Waals surface area (Å²) in [5.74, 6) is -0.385. The summed E-state index contributed by atoms with van der Waals surface area (Å²) in [7, 11) is 0. The van der Waals surface area contributed by atoms with Crippen LogP contribution in [-0.2, 0) is 4.79 Å². The first kappa shape index (κ1) is 28.3. The molecule has 1 atom stereocenters. The number of benzene rings is 1. The predicted molar refractivity (Wildman–Crippen MR) is 151 cm³/mol.